The summed E-state index contributed by atoms with van der Waals surface area (Å²) in [5, 5.41) is 0. The highest BCUT2D eigenvalue weighted by Gasteiger charge is 2.21. The number of carbonyl (C=O) groups excluding carboxylic acids is 1. The van der Waals surface area contributed by atoms with Gasteiger partial charge in [0.15, 0.2) is 0 Å². The molecule has 0 spiro atoms. The molecule has 0 aromatic carbocycles. The SMILES string of the molecule is CCOC(=O)Cc1cc(F)nc(N)c1C(F)F. The van der Waals surface area contributed by atoms with E-state index in [0.29, 0.717) is 0 Å². The highest BCUT2D eigenvalue weighted by Crippen LogP contribution is 2.28. The van der Waals surface area contributed by atoms with E-state index in [-0.39, 0.29) is 12.2 Å². The van der Waals surface area contributed by atoms with Crippen molar-refractivity contribution in [1.82, 2.24) is 4.98 Å². The molecule has 4 nitrogen and oxygen atoms in total. The number of nitrogen functional groups attached to an aromatic ring is 1. The van der Waals surface area contributed by atoms with Gasteiger partial charge in [-0.15, -0.1) is 0 Å². The number of nitrogens with zero attached hydrogens (tertiary/aromatic N) is 1. The fraction of sp³-hybridized carbons (Fsp3) is 0.400. The monoisotopic (exact) mass is 248 g/mol. The summed E-state index contributed by atoms with van der Waals surface area (Å²) in [7, 11) is 0. The number of esters is 1. The number of pyridine rings is 1. The van der Waals surface area contributed by atoms with Gasteiger partial charge in [-0.3, -0.25) is 4.79 Å². The van der Waals surface area contributed by atoms with Crippen LogP contribution in [0.4, 0.5) is 19.0 Å². The molecule has 7 heteroatoms. The number of halogens is 3. The zero-order valence-electron chi connectivity index (χ0n) is 9.04. The number of hydrogen-bond acceptors (Lipinski definition) is 4. The first kappa shape index (κ1) is 13.3. The van der Waals surface area contributed by atoms with Crippen molar-refractivity contribution < 1.29 is 22.7 Å². The molecule has 0 bridgehead atoms. The summed E-state index contributed by atoms with van der Waals surface area (Å²) >= 11 is 0. The molecule has 0 unspecified atom stereocenters. The van der Waals surface area contributed by atoms with Crippen molar-refractivity contribution in [2.45, 2.75) is 19.8 Å². The second-order valence-corrected chi connectivity index (χ2v) is 3.19. The minimum Gasteiger partial charge on any atom is -0.466 e. The standard InChI is InChI=1S/C10H11F3N2O2/c1-2-17-7(16)4-5-3-6(11)15-10(14)8(5)9(12)13/h3,9H,2,4H2,1H3,(H2,14,15). The first-order valence-corrected chi connectivity index (χ1v) is 4.84. The van der Waals surface area contributed by atoms with Crippen molar-refractivity contribution in [1.29, 1.82) is 0 Å². The van der Waals surface area contributed by atoms with Gasteiger partial charge in [0.25, 0.3) is 6.43 Å². The number of hydrogen-bond donors (Lipinski definition) is 1. The second-order valence-electron chi connectivity index (χ2n) is 3.19. The topological polar surface area (TPSA) is 65.2 Å². The predicted molar refractivity (Wildman–Crippen MR) is 53.9 cm³/mol. The molecule has 0 fully saturated rings. The van der Waals surface area contributed by atoms with Crippen LogP contribution in [0.15, 0.2) is 6.07 Å². The van der Waals surface area contributed by atoms with Gasteiger partial charge in [-0.25, -0.2) is 13.8 Å². The zero-order chi connectivity index (χ0) is 13.0. The maximum absolute atomic E-state index is 12.9. The van der Waals surface area contributed by atoms with Crippen LogP contribution in [0, 0.1) is 5.95 Å². The second kappa shape index (κ2) is 5.51. The molecular weight excluding hydrogens is 237 g/mol. The van der Waals surface area contributed by atoms with Crippen LogP contribution in [0.5, 0.6) is 0 Å². The Morgan fingerprint density at radius 2 is 2.24 bits per heavy atom. The number of nitrogens with two attached hydrogens (primary N) is 1. The van der Waals surface area contributed by atoms with Crippen LogP contribution in [0.2, 0.25) is 0 Å². The number of carbonyl (C=O) groups is 1. The van der Waals surface area contributed by atoms with Crippen LogP contribution in [-0.2, 0) is 16.0 Å². The van der Waals surface area contributed by atoms with Gasteiger partial charge in [0.1, 0.15) is 5.82 Å². The predicted octanol–water partition coefficient (Wildman–Crippen LogP) is 1.85. The number of rotatable bonds is 4. The van der Waals surface area contributed by atoms with Crippen LogP contribution < -0.4 is 5.73 Å². The average Bonchev–Trinajstić information content (AvgIpc) is 2.15. The smallest absolute Gasteiger partial charge is 0.310 e. The lowest BCUT2D eigenvalue weighted by Crippen LogP contribution is -2.12. The van der Waals surface area contributed by atoms with Gasteiger partial charge in [0.2, 0.25) is 5.95 Å². The number of alkyl halides is 2. The molecule has 0 aliphatic rings. The van der Waals surface area contributed by atoms with E-state index in [9.17, 15) is 18.0 Å². The van der Waals surface area contributed by atoms with Gasteiger partial charge in [-0.1, -0.05) is 0 Å². The van der Waals surface area contributed by atoms with E-state index in [0.717, 1.165) is 6.07 Å². The van der Waals surface area contributed by atoms with Crippen LogP contribution >= 0.6 is 0 Å². The Balaban J connectivity index is 3.08. The molecule has 2 N–H and O–H groups in total. The summed E-state index contributed by atoms with van der Waals surface area (Å²) in [4.78, 5) is 14.2. The fourth-order valence-corrected chi connectivity index (χ4v) is 1.36. The third-order valence-electron chi connectivity index (χ3n) is 2.00. The minimum absolute atomic E-state index is 0.117. The molecule has 1 aromatic rings. The van der Waals surface area contributed by atoms with E-state index < -0.39 is 36.1 Å². The van der Waals surface area contributed by atoms with Crippen molar-refractivity contribution in [3.8, 4) is 0 Å². The molecule has 0 saturated carbocycles. The Bertz CT molecular complexity index is 424. The lowest BCUT2D eigenvalue weighted by atomic mass is 10.1. The Labute approximate surface area is 95.6 Å². The largest absolute Gasteiger partial charge is 0.466 e. The van der Waals surface area contributed by atoms with E-state index in [4.69, 9.17) is 5.73 Å². The van der Waals surface area contributed by atoms with E-state index >= 15 is 0 Å². The number of anilines is 1. The van der Waals surface area contributed by atoms with Gasteiger partial charge in [0, 0.05) is 0 Å². The molecular formula is C10H11F3N2O2. The van der Waals surface area contributed by atoms with Crippen molar-refractivity contribution in [3.05, 3.63) is 23.1 Å². The van der Waals surface area contributed by atoms with Gasteiger partial charge >= 0.3 is 5.97 Å². The van der Waals surface area contributed by atoms with Crippen LogP contribution in [0.25, 0.3) is 0 Å². The maximum atomic E-state index is 12.9. The van der Waals surface area contributed by atoms with E-state index in [1.807, 2.05) is 0 Å². The first-order chi connectivity index (χ1) is 7.95. The highest BCUT2D eigenvalue weighted by atomic mass is 19.3. The van der Waals surface area contributed by atoms with Crippen LogP contribution in [0.1, 0.15) is 24.5 Å². The Kier molecular flexibility index (Phi) is 4.30. The summed E-state index contributed by atoms with van der Waals surface area (Å²) in [5.41, 5.74) is 4.36. The van der Waals surface area contributed by atoms with Crippen molar-refractivity contribution >= 4 is 11.8 Å². The highest BCUT2D eigenvalue weighted by molar-refractivity contribution is 5.73. The van der Waals surface area contributed by atoms with Gasteiger partial charge in [0.05, 0.1) is 18.6 Å². The van der Waals surface area contributed by atoms with Crippen molar-refractivity contribution in [3.63, 3.8) is 0 Å². The number of aromatic nitrogens is 1. The lowest BCUT2D eigenvalue weighted by molar-refractivity contribution is -0.142. The zero-order valence-corrected chi connectivity index (χ0v) is 9.04. The quantitative estimate of drug-likeness (QED) is 0.652. The first-order valence-electron chi connectivity index (χ1n) is 4.84. The average molecular weight is 248 g/mol. The van der Waals surface area contributed by atoms with Crippen molar-refractivity contribution in [2.75, 3.05) is 12.3 Å². The molecule has 1 aromatic heterocycles. The minimum atomic E-state index is -2.92. The summed E-state index contributed by atoms with van der Waals surface area (Å²) in [5.74, 6) is -2.34. The molecule has 0 aliphatic carbocycles. The summed E-state index contributed by atoms with van der Waals surface area (Å²) in [6, 6.07) is 0.759. The third-order valence-corrected chi connectivity index (χ3v) is 2.00. The van der Waals surface area contributed by atoms with Crippen LogP contribution in [-0.4, -0.2) is 17.6 Å². The molecule has 1 rings (SSSR count). The third kappa shape index (κ3) is 3.33. The summed E-state index contributed by atoms with van der Waals surface area (Å²) in [6.45, 7) is 1.69. The normalized spacial score (nSPS) is 10.6. The molecule has 94 valence electrons. The molecule has 0 atom stereocenters. The molecule has 0 saturated heterocycles. The molecule has 17 heavy (non-hydrogen) atoms. The van der Waals surface area contributed by atoms with Gasteiger partial charge in [-0.2, -0.15) is 4.39 Å². The summed E-state index contributed by atoms with van der Waals surface area (Å²) in [6.07, 6.45) is -3.38. The molecule has 1 heterocycles. The Morgan fingerprint density at radius 3 is 2.76 bits per heavy atom. The summed E-state index contributed by atoms with van der Waals surface area (Å²) < 4.78 is 42.8. The Hall–Kier alpha value is -1.79. The number of ether oxygens (including phenoxy) is 1. The van der Waals surface area contributed by atoms with E-state index in [1.165, 1.54) is 0 Å². The molecule has 0 radical (unpaired) electrons. The maximum Gasteiger partial charge on any atom is 0.310 e. The van der Waals surface area contributed by atoms with Crippen molar-refractivity contribution in [2.24, 2.45) is 0 Å². The van der Waals surface area contributed by atoms with Gasteiger partial charge in [-0.05, 0) is 18.6 Å². The van der Waals surface area contributed by atoms with E-state index in [1.54, 1.807) is 6.92 Å². The molecule has 0 amide bonds. The molecule has 0 aliphatic heterocycles. The fourth-order valence-electron chi connectivity index (χ4n) is 1.36. The lowest BCUT2D eigenvalue weighted by Gasteiger charge is -2.10. The van der Waals surface area contributed by atoms with E-state index in [2.05, 4.69) is 9.72 Å². The van der Waals surface area contributed by atoms with Crippen LogP contribution in [0.3, 0.4) is 0 Å². The van der Waals surface area contributed by atoms with Gasteiger partial charge < -0.3 is 10.5 Å². The Morgan fingerprint density at radius 1 is 1.59 bits per heavy atom.